The van der Waals surface area contributed by atoms with Gasteiger partial charge < -0.3 is 138 Å². The Kier molecular flexibility index (Phi) is 33.8. The van der Waals surface area contributed by atoms with Crippen molar-refractivity contribution in [2.45, 2.75) is 199 Å². The number of anilines is 2. The number of ketones is 2. The van der Waals surface area contributed by atoms with Crippen molar-refractivity contribution in [1.29, 1.82) is 0 Å². The largest absolute Gasteiger partial charge is 0.790 e. The van der Waals surface area contributed by atoms with Gasteiger partial charge in [-0.15, -0.1) is 0 Å². The number of carbonyl (C=O) groups is 6. The maximum Gasteiger partial charge on any atom is 0.274 e. The molecule has 1 saturated carbocycles. The molecular formula is C65H94N14O34P6-8. The number of aliphatic hydroxyl groups excluding tert-OH is 4. The lowest BCUT2D eigenvalue weighted by atomic mass is 9.81. The number of aliphatic hydroxyl groups is 4. The van der Waals surface area contributed by atoms with Gasteiger partial charge in [0.15, 0.2) is 35.4 Å². The number of amides is 4. The number of rotatable bonds is 51. The number of hydrogen-bond donors (Lipinski definition) is 10. The molecule has 2 saturated heterocycles. The van der Waals surface area contributed by atoms with Crippen molar-refractivity contribution in [3.8, 4) is 0 Å². The van der Waals surface area contributed by atoms with E-state index in [-0.39, 0.29) is 97.4 Å². The van der Waals surface area contributed by atoms with E-state index < -0.39 is 180 Å². The molecule has 5 aromatic rings. The zero-order chi connectivity index (χ0) is 88.1. The zero-order valence-electron chi connectivity index (χ0n) is 65.1. The first-order chi connectivity index (χ1) is 55.3. The van der Waals surface area contributed by atoms with Crippen LogP contribution in [-0.2, 0) is 114 Å². The molecule has 0 bridgehead atoms. The summed E-state index contributed by atoms with van der Waals surface area (Å²) in [5.74, 6) is -3.49. The average molecular weight is 1800 g/mol. The summed E-state index contributed by atoms with van der Waals surface area (Å²) in [4.78, 5) is 198. The molecule has 8 rings (SSSR count). The van der Waals surface area contributed by atoms with Gasteiger partial charge in [-0.25, -0.2) is 38.5 Å². The minimum Gasteiger partial charge on any atom is -0.790 e. The number of hydrogen-bond acceptors (Lipinski definition) is 42. The summed E-state index contributed by atoms with van der Waals surface area (Å²) >= 11 is 0. The number of benzene rings is 1. The van der Waals surface area contributed by atoms with Crippen molar-refractivity contribution in [2.75, 3.05) is 64.1 Å². The number of aryl methyl sites for hydroxylation is 2. The summed E-state index contributed by atoms with van der Waals surface area (Å²) in [7, 11) is -35.6. The molecule has 48 nitrogen and oxygen atoms in total. The molecule has 4 aromatic heterocycles. The molecule has 4 amide bonds. The van der Waals surface area contributed by atoms with E-state index in [1.54, 1.807) is 0 Å². The first-order valence-corrected chi connectivity index (χ1v) is 45.9. The number of ether oxygens (including phenoxy) is 2. The number of nitrogens with two attached hydrogens (primary N) is 2. The lowest BCUT2D eigenvalue weighted by molar-refractivity contribution is -0.348. The number of nitrogens with one attached hydrogen (secondary N) is 4. The third kappa shape index (κ3) is 28.6. The number of carbonyl (C=O) groups excluding carboxylic acids is 6. The van der Waals surface area contributed by atoms with Gasteiger partial charge in [-0.3, -0.25) is 56.2 Å². The van der Waals surface area contributed by atoms with Crippen molar-refractivity contribution in [1.82, 2.24) is 60.3 Å². The lowest BCUT2D eigenvalue weighted by Gasteiger charge is -2.36. The highest BCUT2D eigenvalue weighted by molar-refractivity contribution is 7.60. The molecule has 1 aliphatic carbocycles. The van der Waals surface area contributed by atoms with Gasteiger partial charge >= 0.3 is 0 Å². The van der Waals surface area contributed by atoms with Crippen molar-refractivity contribution in [2.24, 2.45) is 21.7 Å². The number of imidazole rings is 2. The number of phosphoric acid groups is 6. The van der Waals surface area contributed by atoms with Crippen LogP contribution < -0.4 is 71.9 Å². The lowest BCUT2D eigenvalue weighted by Crippen LogP contribution is -2.46. The number of nitrogen functional groups attached to an aromatic ring is 2. The molecule has 2 aliphatic heterocycles. The molecule has 1 aromatic carbocycles. The molecule has 666 valence electrons. The smallest absolute Gasteiger partial charge is 0.274 e. The van der Waals surface area contributed by atoms with Crippen molar-refractivity contribution in [3.63, 3.8) is 0 Å². The summed E-state index contributed by atoms with van der Waals surface area (Å²) < 4.78 is 123. The van der Waals surface area contributed by atoms with Crippen LogP contribution in [0.3, 0.4) is 0 Å². The van der Waals surface area contributed by atoms with Crippen LogP contribution in [0.2, 0.25) is 0 Å². The minimum absolute atomic E-state index is 0.00897. The second kappa shape index (κ2) is 41.0. The van der Waals surface area contributed by atoms with E-state index in [1.165, 1.54) is 38.8 Å². The molecule has 14 atom stereocenters. The Labute approximate surface area is 680 Å². The van der Waals surface area contributed by atoms with Crippen LogP contribution in [0.15, 0.2) is 49.6 Å². The predicted molar refractivity (Wildman–Crippen MR) is 392 cm³/mol. The van der Waals surface area contributed by atoms with E-state index in [0.717, 1.165) is 92.2 Å². The Morgan fingerprint density at radius 2 is 0.941 bits per heavy atom. The summed E-state index contributed by atoms with van der Waals surface area (Å²) in [5, 5.41) is 53.3. The minimum atomic E-state index is -5.99. The van der Waals surface area contributed by atoms with Crippen molar-refractivity contribution >= 4 is 116 Å². The van der Waals surface area contributed by atoms with Gasteiger partial charge in [0.05, 0.1) is 54.7 Å². The van der Waals surface area contributed by atoms with Crippen molar-refractivity contribution < 1.29 is 161 Å². The van der Waals surface area contributed by atoms with Gasteiger partial charge in [-0.1, -0.05) is 85.1 Å². The Morgan fingerprint density at radius 1 is 0.546 bits per heavy atom. The summed E-state index contributed by atoms with van der Waals surface area (Å²) in [6.07, 6.45) is -7.47. The molecular weight excluding hydrogens is 1710 g/mol. The maximum atomic E-state index is 13.4. The first-order valence-electron chi connectivity index (χ1n) is 37.1. The highest BCUT2D eigenvalue weighted by Gasteiger charge is 2.51. The third-order valence-corrected chi connectivity index (χ3v) is 25.9. The van der Waals surface area contributed by atoms with Crippen LogP contribution >= 0.6 is 46.9 Å². The van der Waals surface area contributed by atoms with Crippen LogP contribution in [0.4, 0.5) is 11.6 Å². The normalized spacial score (nSPS) is 22.3. The summed E-state index contributed by atoms with van der Waals surface area (Å²) in [5.41, 5.74) is 9.14. The van der Waals surface area contributed by atoms with Crippen LogP contribution in [0.25, 0.3) is 22.3 Å². The Morgan fingerprint density at radius 3 is 1.35 bits per heavy atom. The number of Topliss-reactive ketones (excluding diaryl/α,β-unsaturated/α-hetero) is 2. The number of aromatic nitrogens is 8. The van der Waals surface area contributed by atoms with E-state index in [1.807, 2.05) is 26.0 Å². The third-order valence-electron chi connectivity index (χ3n) is 19.9. The van der Waals surface area contributed by atoms with Gasteiger partial charge in [0.2, 0.25) is 23.6 Å². The Bertz CT molecular complexity index is 4700. The highest BCUT2D eigenvalue weighted by Crippen LogP contribution is 2.59. The van der Waals surface area contributed by atoms with Gasteiger partial charge in [0.25, 0.3) is 31.3 Å². The molecule has 119 heavy (non-hydrogen) atoms. The van der Waals surface area contributed by atoms with E-state index in [4.69, 9.17) is 20.9 Å². The Hall–Kier alpha value is -6.36. The zero-order valence-corrected chi connectivity index (χ0v) is 70.5. The van der Waals surface area contributed by atoms with Gasteiger partial charge in [-0.05, 0) is 62.5 Å². The number of fused-ring (bicyclic) bond motifs is 2. The quantitative estimate of drug-likeness (QED) is 0.0137. The average Bonchev–Trinajstić information content (AvgIpc) is 1.62. The summed E-state index contributed by atoms with van der Waals surface area (Å²) in [6.45, 7) is 3.03. The Balaban J connectivity index is 0.642. The molecule has 54 heteroatoms. The number of unbranched alkanes of at least 4 members (excludes halogenated alkanes) is 3. The monoisotopic (exact) mass is 1800 g/mol. The van der Waals surface area contributed by atoms with E-state index in [0.29, 0.717) is 12.8 Å². The SMILES string of the molecule is CC(C)(CCCCc1ccccc1CCCCCC1(C(=O)CCNC(=O)CCNC(=O)C(O)C(C)(C)COP(=O)([O-])OP(=O)([O-])OCC2OC(n3cnc4c(N)ncnc43)C(O)C2OP(=O)([O-])[O-])CC1)C(=O)CCNC(=O)CCNC(=O)C(O)C(C)(C)COP(=O)([O-])OP(=O)([O-])OCC1OC(n2cnc3c(N)ncnc32)C(O)C1OP(=O)([O-])[O-]. The molecule has 3 fully saturated rings. The van der Waals surface area contributed by atoms with Gasteiger partial charge in [0.1, 0.15) is 84.1 Å². The molecule has 0 spiro atoms. The van der Waals surface area contributed by atoms with Gasteiger partial charge in [-0.2, -0.15) is 0 Å². The van der Waals surface area contributed by atoms with E-state index in [2.05, 4.69) is 99.1 Å². The molecule has 3 aliphatic rings. The number of nitrogens with zero attached hydrogens (tertiary/aromatic N) is 8. The topological polar surface area (TPSA) is 750 Å². The number of phosphoric ester groups is 6. The van der Waals surface area contributed by atoms with E-state index >= 15 is 0 Å². The van der Waals surface area contributed by atoms with Crippen molar-refractivity contribution in [3.05, 3.63) is 60.7 Å². The fraction of sp³-hybridized carbons (Fsp3) is 0.662. The summed E-state index contributed by atoms with van der Waals surface area (Å²) in [6, 6.07) is 8.08. The molecule has 14 unspecified atom stereocenters. The van der Waals surface area contributed by atoms with Crippen LogP contribution in [0, 0.1) is 21.7 Å². The fourth-order valence-electron chi connectivity index (χ4n) is 12.9. The second-order valence-corrected chi connectivity index (χ2v) is 38.6. The molecule has 12 N–H and O–H groups in total. The second-order valence-electron chi connectivity index (χ2n) is 30.5. The maximum absolute atomic E-state index is 13.4. The molecule has 0 radical (unpaired) electrons. The molecule has 6 heterocycles. The van der Waals surface area contributed by atoms with Crippen LogP contribution in [-0.4, -0.2) is 196 Å². The van der Waals surface area contributed by atoms with Gasteiger partial charge in [0, 0.05) is 73.5 Å². The standard InChI is InChI=1S/C65H102N14O34P6/c1-62(2,42(80)18-26-68-44(82)20-28-70-58(88)52(86)63(3,4)32-106-118(100,101)112-116(96,97)104-30-40-50(110-114(90,91)92)48(84)60(108-40)78-36-76-46-54(66)72-34-74-56(46)78)22-13-11-17-39-16-10-9-15-38(39)14-8-7-12-23-65(24-25-65)43(81)19-27-69-45(83)21-29-71-59(89)53(87)64(5,6)33-107-119(102,103)113-117(98,99)105-31-41-51(111-115(93,94)95)49(85)61(109-41)79-37-77-47-55(67)73-35-75-57(47)79/h9-10,15-16,34-37,40-41,48-53,60-61,84-87H,7-8,11-14,17-33H2,1-6H3,(H,68,82)(H,69,83)(H,70,88)(H,71,89)(H,96,97)(H,98,99)(H,100,101)(H,102,103)(H2,66,72,74)(H2,67,73,75)(H2,90,91,92)(H2,93,94,95)/p-8. The van der Waals surface area contributed by atoms with Crippen LogP contribution in [0.1, 0.15) is 149 Å². The van der Waals surface area contributed by atoms with E-state index in [9.17, 15) is 116 Å². The predicted octanol–water partition coefficient (Wildman–Crippen LogP) is -2.99. The van der Waals surface area contributed by atoms with Crippen LogP contribution in [0.5, 0.6) is 0 Å². The fourth-order valence-corrected chi connectivity index (χ4v) is 18.4. The first kappa shape index (κ1) is 98.1. The highest BCUT2D eigenvalue weighted by atomic mass is 31.3.